The first kappa shape index (κ1) is 16.1. The molecule has 0 bridgehead atoms. The van der Waals surface area contributed by atoms with Crippen molar-refractivity contribution >= 4 is 23.7 Å². The summed E-state index contributed by atoms with van der Waals surface area (Å²) in [6.45, 7) is 9.83. The van der Waals surface area contributed by atoms with Gasteiger partial charge in [0, 0.05) is 17.8 Å². The second kappa shape index (κ2) is 7.15. The number of nitrogens with one attached hydrogen (secondary N) is 2. The van der Waals surface area contributed by atoms with Crippen LogP contribution >= 0.6 is 11.8 Å². The molecule has 2 N–H and O–H groups in total. The van der Waals surface area contributed by atoms with Gasteiger partial charge in [-0.25, -0.2) is 0 Å². The first-order valence-corrected chi connectivity index (χ1v) is 8.54. The number of hydrogen-bond acceptors (Lipinski definition) is 7. The van der Waals surface area contributed by atoms with Gasteiger partial charge in [0.05, 0.1) is 6.10 Å². The zero-order chi connectivity index (χ0) is 15.3. The summed E-state index contributed by atoms with van der Waals surface area (Å²) in [7, 11) is 0. The average molecular weight is 311 g/mol. The molecule has 1 aliphatic heterocycles. The summed E-state index contributed by atoms with van der Waals surface area (Å²) in [5.74, 6) is 2.36. The molecule has 1 saturated heterocycles. The highest BCUT2D eigenvalue weighted by Gasteiger charge is 2.29. The van der Waals surface area contributed by atoms with Crippen molar-refractivity contribution in [1.29, 1.82) is 0 Å². The van der Waals surface area contributed by atoms with Crippen LogP contribution in [0, 0.1) is 0 Å². The van der Waals surface area contributed by atoms with Crippen LogP contribution in [0.5, 0.6) is 6.01 Å². The van der Waals surface area contributed by atoms with Gasteiger partial charge in [-0.15, -0.1) is 0 Å². The smallest absolute Gasteiger partial charge is 0.323 e. The number of anilines is 2. The van der Waals surface area contributed by atoms with E-state index in [1.165, 1.54) is 18.6 Å². The predicted molar refractivity (Wildman–Crippen MR) is 88.3 cm³/mol. The summed E-state index contributed by atoms with van der Waals surface area (Å²) < 4.78 is 5.86. The Bertz CT molecular complexity index is 463. The molecule has 1 aromatic heterocycles. The molecule has 0 radical (unpaired) electrons. The molecule has 7 heteroatoms. The number of rotatable bonds is 7. The Balaban J connectivity index is 2.07. The second-order valence-electron chi connectivity index (χ2n) is 5.72. The van der Waals surface area contributed by atoms with E-state index >= 15 is 0 Å². The zero-order valence-corrected chi connectivity index (χ0v) is 14.1. The van der Waals surface area contributed by atoms with Crippen molar-refractivity contribution in [3.8, 4) is 6.01 Å². The van der Waals surface area contributed by atoms with Gasteiger partial charge in [0.1, 0.15) is 0 Å². The molecule has 1 fully saturated rings. The van der Waals surface area contributed by atoms with Crippen molar-refractivity contribution in [2.75, 3.05) is 29.5 Å². The van der Waals surface area contributed by atoms with Gasteiger partial charge in [0.25, 0.3) is 0 Å². The molecule has 2 rings (SSSR count). The third kappa shape index (κ3) is 4.91. The van der Waals surface area contributed by atoms with Gasteiger partial charge in [-0.3, -0.25) is 0 Å². The molecule has 1 unspecified atom stereocenters. The van der Waals surface area contributed by atoms with Crippen molar-refractivity contribution in [3.05, 3.63) is 0 Å². The van der Waals surface area contributed by atoms with Crippen LogP contribution < -0.4 is 15.4 Å². The van der Waals surface area contributed by atoms with Crippen molar-refractivity contribution in [2.45, 2.75) is 51.4 Å². The lowest BCUT2D eigenvalue weighted by molar-refractivity contribution is 0.222. The van der Waals surface area contributed by atoms with Gasteiger partial charge in [-0.05, 0) is 46.3 Å². The quantitative estimate of drug-likeness (QED) is 0.802. The van der Waals surface area contributed by atoms with E-state index in [2.05, 4.69) is 32.5 Å². The molecule has 6 nitrogen and oxygen atoms in total. The van der Waals surface area contributed by atoms with Gasteiger partial charge < -0.3 is 15.4 Å². The number of ether oxygens (including phenoxy) is 1. The minimum Gasteiger partial charge on any atom is -0.461 e. The van der Waals surface area contributed by atoms with Crippen LogP contribution in [0.1, 0.15) is 40.5 Å². The fourth-order valence-corrected chi connectivity index (χ4v) is 3.42. The Labute approximate surface area is 130 Å². The second-order valence-corrected chi connectivity index (χ2v) is 7.40. The fourth-order valence-electron chi connectivity index (χ4n) is 2.18. The number of aromatic nitrogens is 3. The third-order valence-corrected chi connectivity index (χ3v) is 4.75. The lowest BCUT2D eigenvalue weighted by Gasteiger charge is -2.23. The van der Waals surface area contributed by atoms with E-state index in [1.54, 1.807) is 0 Å². The maximum Gasteiger partial charge on any atom is 0.323 e. The van der Waals surface area contributed by atoms with Gasteiger partial charge in [0.15, 0.2) is 0 Å². The molecule has 0 amide bonds. The predicted octanol–water partition coefficient (Wildman–Crippen LogP) is 2.79. The van der Waals surface area contributed by atoms with E-state index in [0.717, 1.165) is 13.1 Å². The van der Waals surface area contributed by atoms with Crippen LogP contribution in [0.2, 0.25) is 0 Å². The zero-order valence-electron chi connectivity index (χ0n) is 13.3. The summed E-state index contributed by atoms with van der Waals surface area (Å²) in [5.41, 5.74) is 0. The van der Waals surface area contributed by atoms with Crippen molar-refractivity contribution < 1.29 is 4.74 Å². The minimum absolute atomic E-state index is 0.0395. The summed E-state index contributed by atoms with van der Waals surface area (Å²) in [6, 6.07) is 0.364. The van der Waals surface area contributed by atoms with E-state index in [1.807, 2.05) is 32.5 Å². The van der Waals surface area contributed by atoms with Crippen LogP contribution in [0.25, 0.3) is 0 Å². The van der Waals surface area contributed by atoms with E-state index in [-0.39, 0.29) is 10.9 Å². The van der Waals surface area contributed by atoms with Gasteiger partial charge >= 0.3 is 6.01 Å². The number of thioether (sulfide) groups is 1. The molecule has 2 heterocycles. The normalized spacial score (nSPS) is 21.6. The standard InChI is InChI=1S/C14H25N5OS/c1-5-15-11-17-12(19-13(18-11)20-10(2)3)16-9-14(4)7-6-8-21-14/h10H,5-9H2,1-4H3,(H2,15,16,17,18,19). The Morgan fingerprint density at radius 1 is 1.24 bits per heavy atom. The fraction of sp³-hybridized carbons (Fsp3) is 0.786. The number of hydrogen-bond donors (Lipinski definition) is 2. The average Bonchev–Trinajstić information content (AvgIpc) is 2.83. The summed E-state index contributed by atoms with van der Waals surface area (Å²) >= 11 is 2.01. The maximum absolute atomic E-state index is 5.59. The number of nitrogens with zero attached hydrogens (tertiary/aromatic N) is 3. The van der Waals surface area contributed by atoms with Crippen LogP contribution in [-0.2, 0) is 0 Å². The molecular formula is C14H25N5OS. The van der Waals surface area contributed by atoms with Gasteiger partial charge in [-0.1, -0.05) is 0 Å². The van der Waals surface area contributed by atoms with Crippen molar-refractivity contribution in [1.82, 2.24) is 15.0 Å². The Morgan fingerprint density at radius 2 is 1.95 bits per heavy atom. The maximum atomic E-state index is 5.59. The van der Waals surface area contributed by atoms with Gasteiger partial charge in [0.2, 0.25) is 11.9 Å². The first-order valence-electron chi connectivity index (χ1n) is 7.55. The molecule has 0 aliphatic carbocycles. The highest BCUT2D eigenvalue weighted by atomic mass is 32.2. The summed E-state index contributed by atoms with van der Waals surface area (Å²) in [5, 5.41) is 6.45. The first-order chi connectivity index (χ1) is 10.0. The molecule has 1 aromatic rings. The Morgan fingerprint density at radius 3 is 2.52 bits per heavy atom. The van der Waals surface area contributed by atoms with Crippen LogP contribution in [0.4, 0.5) is 11.9 Å². The van der Waals surface area contributed by atoms with E-state index in [0.29, 0.717) is 17.9 Å². The van der Waals surface area contributed by atoms with E-state index in [9.17, 15) is 0 Å². The van der Waals surface area contributed by atoms with Crippen molar-refractivity contribution in [2.24, 2.45) is 0 Å². The molecule has 0 saturated carbocycles. The highest BCUT2D eigenvalue weighted by molar-refractivity contribution is 8.00. The van der Waals surface area contributed by atoms with Crippen molar-refractivity contribution in [3.63, 3.8) is 0 Å². The SMILES string of the molecule is CCNc1nc(NCC2(C)CCCS2)nc(OC(C)C)n1. The molecule has 21 heavy (non-hydrogen) atoms. The van der Waals surface area contributed by atoms with Gasteiger partial charge in [-0.2, -0.15) is 26.7 Å². The molecule has 0 aromatic carbocycles. The topological polar surface area (TPSA) is 72.0 Å². The molecule has 1 aliphatic rings. The minimum atomic E-state index is 0.0395. The molecule has 1 atom stereocenters. The molecule has 118 valence electrons. The summed E-state index contributed by atoms with van der Waals surface area (Å²) in [6.07, 6.45) is 2.55. The lowest BCUT2D eigenvalue weighted by Crippen LogP contribution is -2.28. The molecule has 0 spiro atoms. The summed E-state index contributed by atoms with van der Waals surface area (Å²) in [4.78, 5) is 13.0. The lowest BCUT2D eigenvalue weighted by atomic mass is 10.1. The molecular weight excluding hydrogens is 286 g/mol. The van der Waals surface area contributed by atoms with E-state index < -0.39 is 0 Å². The van der Waals surface area contributed by atoms with Crippen LogP contribution in [-0.4, -0.2) is 44.6 Å². The van der Waals surface area contributed by atoms with E-state index in [4.69, 9.17) is 4.74 Å². The monoisotopic (exact) mass is 311 g/mol. The third-order valence-electron chi connectivity index (χ3n) is 3.21. The Kier molecular flexibility index (Phi) is 5.50. The highest BCUT2D eigenvalue weighted by Crippen LogP contribution is 2.37. The van der Waals surface area contributed by atoms with Crippen LogP contribution in [0.3, 0.4) is 0 Å². The van der Waals surface area contributed by atoms with Crippen LogP contribution in [0.15, 0.2) is 0 Å². The Hall–Kier alpha value is -1.24. The largest absolute Gasteiger partial charge is 0.461 e.